The van der Waals surface area contributed by atoms with E-state index in [2.05, 4.69) is 10.6 Å². The van der Waals surface area contributed by atoms with E-state index in [0.29, 0.717) is 0 Å². The Morgan fingerprint density at radius 1 is 1.18 bits per heavy atom. The number of carbonyl (C=O) groups is 3. The summed E-state index contributed by atoms with van der Waals surface area (Å²) in [7, 11) is 0. The van der Waals surface area contributed by atoms with Crippen molar-refractivity contribution in [2.45, 2.75) is 33.2 Å². The Morgan fingerprint density at radius 3 is 2.27 bits per heavy atom. The van der Waals surface area contributed by atoms with Gasteiger partial charge in [0.05, 0.1) is 17.9 Å². The van der Waals surface area contributed by atoms with Crippen molar-refractivity contribution in [1.29, 1.82) is 0 Å². The highest BCUT2D eigenvalue weighted by atomic mass is 16.4. The Labute approximate surface area is 129 Å². The fourth-order valence-corrected chi connectivity index (χ4v) is 1.84. The van der Waals surface area contributed by atoms with Gasteiger partial charge >= 0.3 is 5.97 Å². The molecule has 1 aromatic rings. The van der Waals surface area contributed by atoms with Crippen molar-refractivity contribution in [1.82, 2.24) is 10.6 Å². The van der Waals surface area contributed by atoms with E-state index in [9.17, 15) is 14.4 Å². The molecule has 6 nitrogen and oxygen atoms in total. The quantitative estimate of drug-likeness (QED) is 0.711. The molecule has 0 aliphatic rings. The molecule has 1 atom stereocenters. The molecule has 2 amide bonds. The first-order valence-electron chi connectivity index (χ1n) is 7.04. The zero-order valence-corrected chi connectivity index (χ0v) is 13.1. The number of rotatable bonds is 7. The molecule has 0 radical (unpaired) electrons. The molecule has 0 fully saturated rings. The van der Waals surface area contributed by atoms with E-state index in [1.54, 1.807) is 0 Å². The third-order valence-electron chi connectivity index (χ3n) is 3.28. The average molecular weight is 306 g/mol. The van der Waals surface area contributed by atoms with Gasteiger partial charge in [0.25, 0.3) is 0 Å². The number of aliphatic carboxylic acids is 1. The fourth-order valence-electron chi connectivity index (χ4n) is 1.84. The number of carbonyl (C=O) groups excluding carboxylic acids is 2. The van der Waals surface area contributed by atoms with Gasteiger partial charge in [-0.3, -0.25) is 14.4 Å². The number of carboxylic acids is 1. The number of carboxylic acid groups (broad SMARTS) is 1. The van der Waals surface area contributed by atoms with Crippen molar-refractivity contribution in [2.24, 2.45) is 5.41 Å². The third kappa shape index (κ3) is 5.55. The molecular weight excluding hydrogens is 284 g/mol. The summed E-state index contributed by atoms with van der Waals surface area (Å²) in [5.74, 6) is -1.52. The van der Waals surface area contributed by atoms with Gasteiger partial charge in [-0.1, -0.05) is 30.3 Å². The second kappa shape index (κ2) is 7.59. The minimum Gasteiger partial charge on any atom is -0.481 e. The lowest BCUT2D eigenvalue weighted by Crippen LogP contribution is -2.40. The summed E-state index contributed by atoms with van der Waals surface area (Å²) in [5, 5.41) is 14.4. The molecule has 0 aliphatic heterocycles. The highest BCUT2D eigenvalue weighted by Crippen LogP contribution is 2.17. The standard InChI is InChI=1S/C16H22N2O4/c1-11(19)18-13(12-7-5-4-6-8-12)9-14(20)17-10-16(2,3)15(21)22/h4-8,13H,9-10H2,1-3H3,(H,17,20)(H,18,19)(H,21,22)/t13-/m1/s1. The second-order valence-corrected chi connectivity index (χ2v) is 5.83. The molecule has 1 rings (SSSR count). The maximum absolute atomic E-state index is 12.0. The molecule has 3 N–H and O–H groups in total. The minimum atomic E-state index is -1.04. The van der Waals surface area contributed by atoms with Gasteiger partial charge in [0.1, 0.15) is 0 Å². The zero-order chi connectivity index (χ0) is 16.8. The predicted octanol–water partition coefficient (Wildman–Crippen LogP) is 1.48. The first-order valence-corrected chi connectivity index (χ1v) is 7.04. The fraction of sp³-hybridized carbons (Fsp3) is 0.438. The number of hydrogen-bond acceptors (Lipinski definition) is 3. The van der Waals surface area contributed by atoms with E-state index in [-0.39, 0.29) is 24.8 Å². The Hall–Kier alpha value is -2.37. The molecule has 0 saturated carbocycles. The molecule has 0 bridgehead atoms. The van der Waals surface area contributed by atoms with E-state index >= 15 is 0 Å². The lowest BCUT2D eigenvalue weighted by atomic mass is 9.93. The van der Waals surface area contributed by atoms with E-state index in [0.717, 1.165) is 5.56 Å². The highest BCUT2D eigenvalue weighted by Gasteiger charge is 2.28. The predicted molar refractivity (Wildman–Crippen MR) is 82.0 cm³/mol. The number of amides is 2. The smallest absolute Gasteiger partial charge is 0.310 e. The average Bonchev–Trinajstić information content (AvgIpc) is 2.45. The van der Waals surface area contributed by atoms with Crippen LogP contribution in [0.5, 0.6) is 0 Å². The molecule has 0 saturated heterocycles. The van der Waals surface area contributed by atoms with Gasteiger partial charge in [0, 0.05) is 13.5 Å². The van der Waals surface area contributed by atoms with Gasteiger partial charge in [-0.15, -0.1) is 0 Å². The molecular formula is C16H22N2O4. The van der Waals surface area contributed by atoms with Crippen molar-refractivity contribution < 1.29 is 19.5 Å². The zero-order valence-electron chi connectivity index (χ0n) is 13.1. The van der Waals surface area contributed by atoms with Gasteiger partial charge in [-0.05, 0) is 19.4 Å². The summed E-state index contributed by atoms with van der Waals surface area (Å²) in [6, 6.07) is 8.73. The second-order valence-electron chi connectivity index (χ2n) is 5.83. The summed E-state index contributed by atoms with van der Waals surface area (Å²) in [6.45, 7) is 4.50. The molecule has 120 valence electrons. The summed E-state index contributed by atoms with van der Waals surface area (Å²) < 4.78 is 0. The molecule has 0 spiro atoms. The molecule has 22 heavy (non-hydrogen) atoms. The first-order chi connectivity index (χ1) is 10.2. The summed E-state index contributed by atoms with van der Waals surface area (Å²) >= 11 is 0. The number of nitrogens with one attached hydrogen (secondary N) is 2. The number of hydrogen-bond donors (Lipinski definition) is 3. The van der Waals surface area contributed by atoms with E-state index in [1.165, 1.54) is 20.8 Å². The maximum atomic E-state index is 12.0. The monoisotopic (exact) mass is 306 g/mol. The first kappa shape index (κ1) is 17.7. The normalized spacial score (nSPS) is 12.3. The SMILES string of the molecule is CC(=O)N[C@H](CC(=O)NCC(C)(C)C(=O)O)c1ccccc1. The Bertz CT molecular complexity index is 540. The van der Waals surface area contributed by atoms with Crippen LogP contribution in [-0.2, 0) is 14.4 Å². The van der Waals surface area contributed by atoms with Crippen molar-refractivity contribution in [3.8, 4) is 0 Å². The molecule has 6 heteroatoms. The van der Waals surface area contributed by atoms with E-state index < -0.39 is 17.4 Å². The lowest BCUT2D eigenvalue weighted by Gasteiger charge is -2.22. The molecule has 0 heterocycles. The van der Waals surface area contributed by atoms with Gasteiger partial charge in [0.2, 0.25) is 11.8 Å². The van der Waals surface area contributed by atoms with Crippen molar-refractivity contribution in [3.05, 3.63) is 35.9 Å². The Balaban J connectivity index is 2.68. The van der Waals surface area contributed by atoms with Crippen molar-refractivity contribution >= 4 is 17.8 Å². The lowest BCUT2D eigenvalue weighted by molar-refractivity contribution is -0.146. The highest BCUT2D eigenvalue weighted by molar-refractivity contribution is 5.80. The van der Waals surface area contributed by atoms with Crippen LogP contribution in [0, 0.1) is 5.41 Å². The van der Waals surface area contributed by atoms with Crippen LogP contribution >= 0.6 is 0 Å². The van der Waals surface area contributed by atoms with Crippen molar-refractivity contribution in [3.63, 3.8) is 0 Å². The van der Waals surface area contributed by atoms with Crippen molar-refractivity contribution in [2.75, 3.05) is 6.54 Å². The van der Waals surface area contributed by atoms with Gasteiger partial charge < -0.3 is 15.7 Å². The van der Waals surface area contributed by atoms with Gasteiger partial charge in [0.15, 0.2) is 0 Å². The Kier molecular flexibility index (Phi) is 6.10. The van der Waals surface area contributed by atoms with Crippen LogP contribution in [0.2, 0.25) is 0 Å². The van der Waals surface area contributed by atoms with Crippen LogP contribution in [0.4, 0.5) is 0 Å². The molecule has 0 aliphatic carbocycles. The van der Waals surface area contributed by atoms with E-state index in [4.69, 9.17) is 5.11 Å². The topological polar surface area (TPSA) is 95.5 Å². The largest absolute Gasteiger partial charge is 0.481 e. The molecule has 1 aromatic carbocycles. The maximum Gasteiger partial charge on any atom is 0.310 e. The molecule has 0 aromatic heterocycles. The van der Waals surface area contributed by atoms with Crippen LogP contribution in [0.25, 0.3) is 0 Å². The molecule has 0 unspecified atom stereocenters. The van der Waals surface area contributed by atoms with Crippen LogP contribution in [-0.4, -0.2) is 29.4 Å². The summed E-state index contributed by atoms with van der Waals surface area (Å²) in [5.41, 5.74) is -0.211. The van der Waals surface area contributed by atoms with Crippen LogP contribution < -0.4 is 10.6 Å². The summed E-state index contributed by atoms with van der Waals surface area (Å²) in [6.07, 6.45) is 0.0549. The summed E-state index contributed by atoms with van der Waals surface area (Å²) in [4.78, 5) is 34.3. The van der Waals surface area contributed by atoms with E-state index in [1.807, 2.05) is 30.3 Å². The van der Waals surface area contributed by atoms with Gasteiger partial charge in [-0.2, -0.15) is 0 Å². The Morgan fingerprint density at radius 2 is 1.77 bits per heavy atom. The van der Waals surface area contributed by atoms with Crippen LogP contribution in [0.15, 0.2) is 30.3 Å². The number of benzene rings is 1. The van der Waals surface area contributed by atoms with Crippen LogP contribution in [0.1, 0.15) is 38.8 Å². The minimum absolute atomic E-state index is 0.0305. The van der Waals surface area contributed by atoms with Crippen LogP contribution in [0.3, 0.4) is 0 Å². The van der Waals surface area contributed by atoms with Gasteiger partial charge in [-0.25, -0.2) is 0 Å². The third-order valence-corrected chi connectivity index (χ3v) is 3.28.